The summed E-state index contributed by atoms with van der Waals surface area (Å²) in [4.78, 5) is 23.9. The van der Waals surface area contributed by atoms with Crippen LogP contribution in [0.1, 0.15) is 19.3 Å². The highest BCUT2D eigenvalue weighted by molar-refractivity contribution is 6.21. The second kappa shape index (κ2) is 4.86. The zero-order chi connectivity index (χ0) is 10.6. The van der Waals surface area contributed by atoms with E-state index in [2.05, 4.69) is 0 Å². The minimum absolute atomic E-state index is 0.0142. The molecule has 0 saturated heterocycles. The topological polar surface area (TPSA) is 38.6 Å². The number of quaternary nitrogens is 1. The molecular weight excluding hydrogens is 178 g/mol. The Morgan fingerprint density at radius 3 is 2.21 bits per heavy atom. The molecule has 14 heavy (non-hydrogen) atoms. The van der Waals surface area contributed by atoms with Gasteiger partial charge in [0.05, 0.1) is 25.9 Å². The molecule has 1 aliphatic rings. The number of carbonyl (C=O) groups is 2. The van der Waals surface area contributed by atoms with E-state index < -0.39 is 0 Å². The smallest absolute Gasteiger partial charge is 0.166 e. The monoisotopic (exact) mass is 194 g/mol. The van der Waals surface area contributed by atoms with Crippen molar-refractivity contribution in [2.45, 2.75) is 19.3 Å². The van der Waals surface area contributed by atoms with Gasteiger partial charge in [0.2, 0.25) is 0 Å². The standard InChI is InChI=1S/C11H15NO2/c1-12(2)8-4-5-9-10(13)6-3-7-11(9)14/h4-5,8H,3,6-7H2,1-2H3/p+1. The van der Waals surface area contributed by atoms with Crippen LogP contribution in [-0.2, 0) is 9.59 Å². The van der Waals surface area contributed by atoms with Crippen molar-refractivity contribution in [3.8, 4) is 0 Å². The van der Waals surface area contributed by atoms with Gasteiger partial charge in [-0.1, -0.05) is 0 Å². The summed E-state index contributed by atoms with van der Waals surface area (Å²) < 4.78 is 0. The summed E-state index contributed by atoms with van der Waals surface area (Å²) in [5.41, 5.74) is 0.369. The molecule has 0 aliphatic heterocycles. The first-order chi connectivity index (χ1) is 6.61. The number of Topliss-reactive ketones (excluding diaryl/α,β-unsaturated/α-hetero) is 2. The summed E-state index contributed by atoms with van der Waals surface area (Å²) in [6, 6.07) is 0. The Morgan fingerprint density at radius 2 is 1.71 bits per heavy atom. The third-order valence-corrected chi connectivity index (χ3v) is 2.10. The van der Waals surface area contributed by atoms with Crippen molar-refractivity contribution in [1.82, 2.24) is 0 Å². The fourth-order valence-electron chi connectivity index (χ4n) is 1.36. The van der Waals surface area contributed by atoms with Crippen molar-refractivity contribution in [3.63, 3.8) is 0 Å². The van der Waals surface area contributed by atoms with Crippen molar-refractivity contribution >= 4 is 11.6 Å². The highest BCUT2D eigenvalue weighted by atomic mass is 16.1. The third kappa shape index (κ3) is 2.92. The molecule has 1 saturated carbocycles. The van der Waals surface area contributed by atoms with Gasteiger partial charge in [0.1, 0.15) is 0 Å². The van der Waals surface area contributed by atoms with Crippen LogP contribution in [0.2, 0.25) is 0 Å². The lowest BCUT2D eigenvalue weighted by molar-refractivity contribution is -0.801. The van der Waals surface area contributed by atoms with Gasteiger partial charge in [0, 0.05) is 12.8 Å². The summed E-state index contributed by atoms with van der Waals surface area (Å²) in [6.45, 7) is 0. The Labute approximate surface area is 84.1 Å². The van der Waals surface area contributed by atoms with Gasteiger partial charge in [0.25, 0.3) is 0 Å². The van der Waals surface area contributed by atoms with E-state index in [1.54, 1.807) is 12.2 Å². The lowest BCUT2D eigenvalue weighted by Gasteiger charge is -2.10. The summed E-state index contributed by atoms with van der Waals surface area (Å²) in [5.74, 6) is -0.0284. The molecule has 0 amide bonds. The molecule has 1 N–H and O–H groups in total. The minimum atomic E-state index is -0.0142. The summed E-state index contributed by atoms with van der Waals surface area (Å²) in [6.07, 6.45) is 7.03. The van der Waals surface area contributed by atoms with Crippen LogP contribution in [0.4, 0.5) is 0 Å². The number of hydrogen-bond acceptors (Lipinski definition) is 2. The molecule has 1 fully saturated rings. The molecule has 3 nitrogen and oxygen atoms in total. The molecule has 0 atom stereocenters. The van der Waals surface area contributed by atoms with Crippen molar-refractivity contribution in [1.29, 1.82) is 0 Å². The van der Waals surface area contributed by atoms with E-state index in [4.69, 9.17) is 0 Å². The molecule has 0 radical (unpaired) electrons. The van der Waals surface area contributed by atoms with Crippen LogP contribution in [0.15, 0.2) is 23.9 Å². The van der Waals surface area contributed by atoms with E-state index >= 15 is 0 Å². The van der Waals surface area contributed by atoms with Gasteiger partial charge in [-0.15, -0.1) is 0 Å². The lowest BCUT2D eigenvalue weighted by Crippen LogP contribution is -3.00. The number of hydrogen-bond donors (Lipinski definition) is 1. The average molecular weight is 194 g/mol. The molecule has 76 valence electrons. The van der Waals surface area contributed by atoms with Gasteiger partial charge >= 0.3 is 0 Å². The van der Waals surface area contributed by atoms with Crippen molar-refractivity contribution < 1.29 is 14.5 Å². The molecule has 0 aromatic heterocycles. The molecule has 0 unspecified atom stereocenters. The number of carbonyl (C=O) groups excluding carboxylic acids is 2. The first-order valence-corrected chi connectivity index (χ1v) is 4.86. The van der Waals surface area contributed by atoms with E-state index in [1.807, 2.05) is 20.3 Å². The number of rotatable bonds is 2. The van der Waals surface area contributed by atoms with Gasteiger partial charge in [-0.05, 0) is 18.6 Å². The van der Waals surface area contributed by atoms with E-state index in [9.17, 15) is 9.59 Å². The second-order valence-electron chi connectivity index (χ2n) is 3.72. The van der Waals surface area contributed by atoms with Crippen LogP contribution in [0.25, 0.3) is 0 Å². The molecule has 0 bridgehead atoms. The summed E-state index contributed by atoms with van der Waals surface area (Å²) in [7, 11) is 3.94. The predicted molar refractivity (Wildman–Crippen MR) is 53.9 cm³/mol. The van der Waals surface area contributed by atoms with Crippen LogP contribution < -0.4 is 4.90 Å². The van der Waals surface area contributed by atoms with Crippen molar-refractivity contribution in [2.75, 3.05) is 14.1 Å². The Kier molecular flexibility index (Phi) is 3.77. The summed E-state index contributed by atoms with van der Waals surface area (Å²) in [5, 5.41) is 0. The zero-order valence-corrected chi connectivity index (χ0v) is 8.67. The molecule has 0 heterocycles. The fourth-order valence-corrected chi connectivity index (χ4v) is 1.36. The van der Waals surface area contributed by atoms with Crippen molar-refractivity contribution in [2.24, 2.45) is 0 Å². The van der Waals surface area contributed by atoms with E-state index in [-0.39, 0.29) is 11.6 Å². The van der Waals surface area contributed by atoms with Gasteiger partial charge in [-0.25, -0.2) is 0 Å². The first-order valence-electron chi connectivity index (χ1n) is 4.86. The maximum atomic E-state index is 11.4. The summed E-state index contributed by atoms with van der Waals surface area (Å²) >= 11 is 0. The Balaban J connectivity index is 2.72. The highest BCUT2D eigenvalue weighted by Gasteiger charge is 2.21. The maximum Gasteiger partial charge on any atom is 0.166 e. The van der Waals surface area contributed by atoms with Crippen molar-refractivity contribution in [3.05, 3.63) is 23.9 Å². The molecule has 0 aromatic rings. The van der Waals surface area contributed by atoms with Crippen LogP contribution in [0.3, 0.4) is 0 Å². The highest BCUT2D eigenvalue weighted by Crippen LogP contribution is 2.16. The number of ketones is 2. The number of allylic oxidation sites excluding steroid dienone is 3. The normalized spacial score (nSPS) is 18.4. The lowest BCUT2D eigenvalue weighted by atomic mass is 9.92. The molecule has 3 heteroatoms. The van der Waals surface area contributed by atoms with Gasteiger partial charge in [-0.3, -0.25) is 9.59 Å². The second-order valence-corrected chi connectivity index (χ2v) is 3.72. The predicted octanol–water partition coefficient (Wildman–Crippen LogP) is -0.107. The van der Waals surface area contributed by atoms with Crippen LogP contribution in [0.5, 0.6) is 0 Å². The Morgan fingerprint density at radius 1 is 1.14 bits per heavy atom. The molecule has 0 spiro atoms. The minimum Gasteiger partial charge on any atom is -0.314 e. The quantitative estimate of drug-likeness (QED) is 0.492. The fraction of sp³-hybridized carbons (Fsp3) is 0.455. The maximum absolute atomic E-state index is 11.4. The Hall–Kier alpha value is -1.22. The average Bonchev–Trinajstić information content (AvgIpc) is 2.09. The third-order valence-electron chi connectivity index (χ3n) is 2.10. The van der Waals surface area contributed by atoms with E-state index in [1.165, 1.54) is 0 Å². The molecule has 0 aromatic carbocycles. The van der Waals surface area contributed by atoms with Gasteiger partial charge < -0.3 is 4.90 Å². The van der Waals surface area contributed by atoms with Crippen LogP contribution in [0, 0.1) is 0 Å². The Bertz CT molecular complexity index is 282. The largest absolute Gasteiger partial charge is 0.314 e. The van der Waals surface area contributed by atoms with E-state index in [0.29, 0.717) is 24.8 Å². The molecular formula is C11H16NO2+. The number of nitrogens with one attached hydrogen (secondary N) is 1. The van der Waals surface area contributed by atoms with E-state index in [0.717, 1.165) is 4.90 Å². The first kappa shape index (κ1) is 10.9. The van der Waals surface area contributed by atoms with Crippen LogP contribution >= 0.6 is 0 Å². The molecule has 1 aliphatic carbocycles. The SMILES string of the molecule is C[NH+](C)C=CC=C1C(=O)CCCC1=O. The van der Waals surface area contributed by atoms with Gasteiger partial charge in [-0.2, -0.15) is 0 Å². The van der Waals surface area contributed by atoms with Crippen LogP contribution in [-0.4, -0.2) is 25.7 Å². The zero-order valence-electron chi connectivity index (χ0n) is 8.67. The molecule has 1 rings (SSSR count). The van der Waals surface area contributed by atoms with Gasteiger partial charge in [0.15, 0.2) is 11.6 Å².